The van der Waals surface area contributed by atoms with Crippen LogP contribution in [0.4, 0.5) is 18.9 Å². The molecule has 0 fully saturated rings. The number of hydrogen-bond acceptors (Lipinski definition) is 4. The first-order valence-corrected chi connectivity index (χ1v) is 8.50. The van der Waals surface area contributed by atoms with Gasteiger partial charge in [0.2, 0.25) is 11.8 Å². The topological polar surface area (TPSA) is 80.3 Å². The summed E-state index contributed by atoms with van der Waals surface area (Å²) in [4.78, 5) is 27.4. The van der Waals surface area contributed by atoms with E-state index in [4.69, 9.17) is 11.6 Å². The molecule has 0 aliphatic rings. The summed E-state index contributed by atoms with van der Waals surface area (Å²) in [6.07, 6.45) is -3.54. The maximum Gasteiger partial charge on any atom is 0.422 e. The Balaban J connectivity index is 1.88. The van der Waals surface area contributed by atoms with Crippen molar-refractivity contribution in [2.45, 2.75) is 6.18 Å². The molecule has 0 unspecified atom stereocenters. The molecule has 1 aromatic carbocycles. The van der Waals surface area contributed by atoms with Gasteiger partial charge in [-0.2, -0.15) is 13.2 Å². The third-order valence-corrected chi connectivity index (χ3v) is 3.78. The predicted molar refractivity (Wildman–Crippen MR) is 95.9 cm³/mol. The Morgan fingerprint density at radius 2 is 1.89 bits per heavy atom. The van der Waals surface area contributed by atoms with Crippen LogP contribution >= 0.6 is 27.5 Å². The highest BCUT2D eigenvalue weighted by Gasteiger charge is 2.29. The second kappa shape index (κ2) is 9.05. The molecule has 1 aromatic heterocycles. The van der Waals surface area contributed by atoms with Crippen molar-refractivity contribution < 1.29 is 27.5 Å². The lowest BCUT2D eigenvalue weighted by atomic mass is 10.2. The molecule has 6 nitrogen and oxygen atoms in total. The standard InChI is InChI=1S/C16H12BrClF3N3O3/c17-10-1-3-11(4-2-10)24-13(25)7-22-14(26)9-5-12(18)15(23-6-9)27-8-16(19,20)21/h1-6H,7-8H2,(H,22,26)(H,24,25). The Bertz CT molecular complexity index is 832. The number of benzene rings is 1. The molecule has 2 rings (SSSR count). The number of pyridine rings is 1. The average molecular weight is 467 g/mol. The van der Waals surface area contributed by atoms with E-state index in [0.29, 0.717) is 5.69 Å². The van der Waals surface area contributed by atoms with Crippen molar-refractivity contribution in [3.05, 3.63) is 51.6 Å². The number of alkyl halides is 3. The first kappa shape index (κ1) is 21.0. The minimum atomic E-state index is -4.54. The Hall–Kier alpha value is -2.33. The molecular weight excluding hydrogens is 455 g/mol. The number of ether oxygens (including phenoxy) is 1. The minimum absolute atomic E-state index is 0.0317. The summed E-state index contributed by atoms with van der Waals surface area (Å²) < 4.78 is 41.7. The molecule has 0 aliphatic heterocycles. The van der Waals surface area contributed by atoms with Crippen LogP contribution in [0.5, 0.6) is 5.88 Å². The van der Waals surface area contributed by atoms with E-state index >= 15 is 0 Å². The third kappa shape index (κ3) is 7.06. The normalized spacial score (nSPS) is 11.0. The first-order valence-electron chi connectivity index (χ1n) is 7.33. The molecule has 0 bridgehead atoms. The molecule has 144 valence electrons. The van der Waals surface area contributed by atoms with Gasteiger partial charge in [-0.1, -0.05) is 27.5 Å². The highest BCUT2D eigenvalue weighted by Crippen LogP contribution is 2.25. The summed E-state index contributed by atoms with van der Waals surface area (Å²) >= 11 is 9.03. The fourth-order valence-electron chi connectivity index (χ4n) is 1.81. The average Bonchev–Trinajstić information content (AvgIpc) is 2.59. The van der Waals surface area contributed by atoms with E-state index in [0.717, 1.165) is 16.7 Å². The maximum atomic E-state index is 12.1. The second-order valence-corrected chi connectivity index (χ2v) is 6.48. The first-order chi connectivity index (χ1) is 12.6. The van der Waals surface area contributed by atoms with Crippen LogP contribution in [0.2, 0.25) is 5.02 Å². The molecule has 2 N–H and O–H groups in total. The molecule has 11 heteroatoms. The maximum absolute atomic E-state index is 12.1. The molecule has 0 radical (unpaired) electrons. The molecule has 27 heavy (non-hydrogen) atoms. The summed E-state index contributed by atoms with van der Waals surface area (Å²) in [6, 6.07) is 7.93. The van der Waals surface area contributed by atoms with Gasteiger partial charge in [0.1, 0.15) is 5.02 Å². The number of anilines is 1. The zero-order chi connectivity index (χ0) is 20.0. The fourth-order valence-corrected chi connectivity index (χ4v) is 2.29. The molecule has 0 atom stereocenters. The lowest BCUT2D eigenvalue weighted by Gasteiger charge is -2.10. The molecule has 0 saturated carbocycles. The monoisotopic (exact) mass is 465 g/mol. The van der Waals surface area contributed by atoms with Crippen LogP contribution in [-0.4, -0.2) is 36.1 Å². The van der Waals surface area contributed by atoms with Gasteiger partial charge in [-0.3, -0.25) is 9.59 Å². The Morgan fingerprint density at radius 3 is 2.48 bits per heavy atom. The quantitative estimate of drug-likeness (QED) is 0.679. The van der Waals surface area contributed by atoms with E-state index in [-0.39, 0.29) is 17.1 Å². The van der Waals surface area contributed by atoms with Gasteiger partial charge in [-0.15, -0.1) is 0 Å². The zero-order valence-electron chi connectivity index (χ0n) is 13.4. The SMILES string of the molecule is O=C(CNC(=O)c1cnc(OCC(F)(F)F)c(Cl)c1)Nc1ccc(Br)cc1. The highest BCUT2D eigenvalue weighted by atomic mass is 79.9. The van der Waals surface area contributed by atoms with Crippen molar-refractivity contribution in [2.75, 3.05) is 18.5 Å². The van der Waals surface area contributed by atoms with Gasteiger partial charge in [0, 0.05) is 16.4 Å². The van der Waals surface area contributed by atoms with E-state index in [9.17, 15) is 22.8 Å². The van der Waals surface area contributed by atoms with Crippen molar-refractivity contribution in [1.82, 2.24) is 10.3 Å². The van der Waals surface area contributed by atoms with Gasteiger partial charge < -0.3 is 15.4 Å². The Morgan fingerprint density at radius 1 is 1.22 bits per heavy atom. The molecule has 2 aromatic rings. The molecular formula is C16H12BrClF3N3O3. The zero-order valence-corrected chi connectivity index (χ0v) is 15.8. The van der Waals surface area contributed by atoms with Crippen molar-refractivity contribution in [1.29, 1.82) is 0 Å². The summed E-state index contributed by atoms with van der Waals surface area (Å²) in [6.45, 7) is -1.87. The third-order valence-electron chi connectivity index (χ3n) is 2.98. The van der Waals surface area contributed by atoms with Crippen LogP contribution in [0.3, 0.4) is 0 Å². The number of aromatic nitrogens is 1. The van der Waals surface area contributed by atoms with E-state index < -0.39 is 30.5 Å². The smallest absolute Gasteiger partial charge is 0.422 e. The predicted octanol–water partition coefficient (Wildman–Crippen LogP) is 3.81. The van der Waals surface area contributed by atoms with Crippen LogP contribution in [0.1, 0.15) is 10.4 Å². The van der Waals surface area contributed by atoms with Gasteiger partial charge >= 0.3 is 6.18 Å². The fraction of sp³-hybridized carbons (Fsp3) is 0.188. The van der Waals surface area contributed by atoms with Gasteiger partial charge in [0.05, 0.1) is 12.1 Å². The summed E-state index contributed by atoms with van der Waals surface area (Å²) in [7, 11) is 0. The van der Waals surface area contributed by atoms with E-state index in [1.165, 1.54) is 0 Å². The second-order valence-electron chi connectivity index (χ2n) is 5.15. The van der Waals surface area contributed by atoms with E-state index in [1.54, 1.807) is 24.3 Å². The number of rotatable bonds is 6. The van der Waals surface area contributed by atoms with Crippen molar-refractivity contribution >= 4 is 45.0 Å². The lowest BCUT2D eigenvalue weighted by Crippen LogP contribution is -2.32. The van der Waals surface area contributed by atoms with Crippen LogP contribution in [0.15, 0.2) is 41.0 Å². The largest absolute Gasteiger partial charge is 0.467 e. The number of carbonyl (C=O) groups is 2. The number of nitrogens with one attached hydrogen (secondary N) is 2. The van der Waals surface area contributed by atoms with Crippen molar-refractivity contribution in [3.8, 4) is 5.88 Å². The molecule has 0 aliphatic carbocycles. The number of nitrogens with zero attached hydrogens (tertiary/aromatic N) is 1. The van der Waals surface area contributed by atoms with Crippen LogP contribution < -0.4 is 15.4 Å². The number of amides is 2. The van der Waals surface area contributed by atoms with Crippen LogP contribution in [0.25, 0.3) is 0 Å². The molecule has 2 amide bonds. The van der Waals surface area contributed by atoms with E-state index in [1.807, 2.05) is 0 Å². The summed E-state index contributed by atoms with van der Waals surface area (Å²) in [5.41, 5.74) is 0.518. The van der Waals surface area contributed by atoms with Crippen LogP contribution in [0, 0.1) is 0 Å². The number of carbonyl (C=O) groups excluding carboxylic acids is 2. The molecule has 0 spiro atoms. The lowest BCUT2D eigenvalue weighted by molar-refractivity contribution is -0.154. The van der Waals surface area contributed by atoms with Crippen molar-refractivity contribution in [3.63, 3.8) is 0 Å². The van der Waals surface area contributed by atoms with Gasteiger partial charge in [0.15, 0.2) is 6.61 Å². The molecule has 1 heterocycles. The summed E-state index contributed by atoms with van der Waals surface area (Å²) in [5.74, 6) is -1.58. The Labute approximate surface area is 165 Å². The van der Waals surface area contributed by atoms with Crippen LogP contribution in [-0.2, 0) is 4.79 Å². The van der Waals surface area contributed by atoms with Crippen molar-refractivity contribution in [2.24, 2.45) is 0 Å². The minimum Gasteiger partial charge on any atom is -0.467 e. The highest BCUT2D eigenvalue weighted by molar-refractivity contribution is 9.10. The van der Waals surface area contributed by atoms with Gasteiger partial charge in [0.25, 0.3) is 5.91 Å². The number of hydrogen-bond donors (Lipinski definition) is 2. The van der Waals surface area contributed by atoms with Gasteiger partial charge in [-0.25, -0.2) is 4.98 Å². The van der Waals surface area contributed by atoms with E-state index in [2.05, 4.69) is 36.3 Å². The summed E-state index contributed by atoms with van der Waals surface area (Å²) in [5, 5.41) is 4.68. The van der Waals surface area contributed by atoms with Gasteiger partial charge in [-0.05, 0) is 30.3 Å². The molecule has 0 saturated heterocycles. The number of halogens is 5. The Kier molecular flexibility index (Phi) is 7.03.